The van der Waals surface area contributed by atoms with E-state index in [0.29, 0.717) is 12.8 Å². The predicted molar refractivity (Wildman–Crippen MR) is 196 cm³/mol. The molecule has 0 heterocycles. The van der Waals surface area contributed by atoms with Crippen molar-refractivity contribution in [2.75, 3.05) is 13.2 Å². The fourth-order valence-electron chi connectivity index (χ4n) is 5.54. The van der Waals surface area contributed by atoms with Gasteiger partial charge in [-0.1, -0.05) is 107 Å². The minimum Gasteiger partial charge on any atom is -0.507 e. The number of aryl methyl sites for hydroxylation is 2. The van der Waals surface area contributed by atoms with E-state index in [4.69, 9.17) is 9.05 Å². The van der Waals surface area contributed by atoms with Crippen LogP contribution in [0.1, 0.15) is 142 Å². The Labute approximate surface area is 299 Å². The fourth-order valence-corrected chi connectivity index (χ4v) is 6.11. The second kappa shape index (κ2) is 16.8. The Morgan fingerprint density at radius 3 is 1.02 bits per heavy atom. The third-order valence-electron chi connectivity index (χ3n) is 8.41. The molecule has 0 bridgehead atoms. The Hall–Kier alpha value is -3.26. The maximum atomic E-state index is 12.6. The number of hydrogen-bond acceptors (Lipinski definition) is 9. The van der Waals surface area contributed by atoms with E-state index in [1.807, 2.05) is 107 Å². The lowest BCUT2D eigenvalue weighted by molar-refractivity contribution is -0.129. The number of phenolic OH excluding ortho intramolecular Hbond substituents is 2. The van der Waals surface area contributed by atoms with Gasteiger partial charge in [0.1, 0.15) is 23.1 Å². The van der Waals surface area contributed by atoms with E-state index in [1.54, 1.807) is 0 Å². The number of ketones is 4. The van der Waals surface area contributed by atoms with Crippen LogP contribution in [0.25, 0.3) is 0 Å². The Bertz CT molecular complexity index is 1400. The smallest absolute Gasteiger partial charge is 0.507 e. The summed E-state index contributed by atoms with van der Waals surface area (Å²) >= 11 is 0. The van der Waals surface area contributed by atoms with Gasteiger partial charge in [0, 0.05) is 17.4 Å². The van der Waals surface area contributed by atoms with Gasteiger partial charge in [-0.25, -0.2) is 0 Å². The van der Waals surface area contributed by atoms with Crippen molar-refractivity contribution in [3.8, 4) is 11.5 Å². The zero-order valence-corrected chi connectivity index (χ0v) is 33.1. The van der Waals surface area contributed by atoms with Gasteiger partial charge in [0.05, 0.1) is 12.8 Å². The van der Waals surface area contributed by atoms with Crippen LogP contribution in [0.4, 0.5) is 0 Å². The lowest BCUT2D eigenvalue weighted by Gasteiger charge is -2.28. The van der Waals surface area contributed by atoms with Gasteiger partial charge < -0.3 is 10.2 Å². The number of rotatable bonds is 16. The molecule has 0 saturated carbocycles. The molecule has 2 aromatic rings. The minimum atomic E-state index is -2.81. The molecule has 50 heavy (non-hydrogen) atoms. The molecule has 2 N–H and O–H groups in total. The topological polar surface area (TPSA) is 144 Å². The molecule has 0 radical (unpaired) electrons. The molecule has 2 aromatic carbocycles. The van der Waals surface area contributed by atoms with Crippen LogP contribution >= 0.6 is 8.25 Å². The molecule has 10 heteroatoms. The first kappa shape index (κ1) is 42.9. The van der Waals surface area contributed by atoms with Crippen LogP contribution in [-0.4, -0.2) is 46.6 Å². The number of hydrogen-bond donors (Lipinski definition) is 2. The maximum Gasteiger partial charge on any atom is 0.698 e. The summed E-state index contributed by atoms with van der Waals surface area (Å²) in [6.07, 6.45) is 0.198. The fraction of sp³-hybridized carbons (Fsp3) is 0.600. The van der Waals surface area contributed by atoms with Crippen LogP contribution in [0.2, 0.25) is 0 Å². The van der Waals surface area contributed by atoms with E-state index in [1.165, 1.54) is 0 Å². The Balaban J connectivity index is 1.82. The average Bonchev–Trinajstić information content (AvgIpc) is 2.95. The predicted octanol–water partition coefficient (Wildman–Crippen LogP) is 8.60. The molecule has 0 unspecified atom stereocenters. The number of phenols is 2. The Kier molecular flexibility index (Phi) is 14.4. The summed E-state index contributed by atoms with van der Waals surface area (Å²) in [6.45, 7) is 22.9. The summed E-state index contributed by atoms with van der Waals surface area (Å²) in [6, 6.07) is 7.61. The lowest BCUT2D eigenvalue weighted by atomic mass is 9.78. The standard InChI is InChI=1S/C40H57O9P/c1-37(2,3)31-17-25(18-32(35(31)45)38(4,5)6)13-15-27(41)21-29(43)23-48-50(47)49-24-30(44)22-28(42)16-14-26-19-33(39(7,8)9)36(46)34(20-26)40(10,11)12/h17-20H,13-16,21-24H2,1-12H3,(H-,45,46)/p+1. The van der Waals surface area contributed by atoms with Crippen LogP contribution < -0.4 is 0 Å². The molecular formula is C40H58O9P+. The third-order valence-corrected chi connectivity index (χ3v) is 9.09. The molecule has 0 aliphatic carbocycles. The number of Topliss-reactive ketones (excluding diaryl/α,β-unsaturated/α-hetero) is 4. The quantitative estimate of drug-likeness (QED) is 0.129. The van der Waals surface area contributed by atoms with Gasteiger partial charge in [-0.3, -0.25) is 19.2 Å². The largest absolute Gasteiger partial charge is 0.698 e. The summed E-state index contributed by atoms with van der Waals surface area (Å²) in [4.78, 5) is 49.8. The summed E-state index contributed by atoms with van der Waals surface area (Å²) < 4.78 is 22.0. The minimum absolute atomic E-state index is 0.108. The molecule has 0 aliphatic heterocycles. The van der Waals surface area contributed by atoms with E-state index in [-0.39, 0.29) is 57.6 Å². The molecule has 276 valence electrons. The van der Waals surface area contributed by atoms with Crippen molar-refractivity contribution in [2.24, 2.45) is 0 Å². The molecule has 0 aromatic heterocycles. The van der Waals surface area contributed by atoms with Gasteiger partial charge in [0.15, 0.2) is 24.8 Å². The molecular weight excluding hydrogens is 655 g/mol. The van der Waals surface area contributed by atoms with Crippen LogP contribution in [0, 0.1) is 0 Å². The van der Waals surface area contributed by atoms with Gasteiger partial charge in [0.25, 0.3) is 0 Å². The maximum absolute atomic E-state index is 12.6. The van der Waals surface area contributed by atoms with Crippen molar-refractivity contribution >= 4 is 31.4 Å². The van der Waals surface area contributed by atoms with Gasteiger partial charge in [-0.2, -0.15) is 0 Å². The molecule has 0 fully saturated rings. The van der Waals surface area contributed by atoms with Crippen LogP contribution in [0.5, 0.6) is 11.5 Å². The molecule has 2 rings (SSSR count). The van der Waals surface area contributed by atoms with Crippen LogP contribution in [0.3, 0.4) is 0 Å². The second-order valence-electron chi connectivity index (χ2n) is 17.4. The molecule has 0 spiro atoms. The van der Waals surface area contributed by atoms with Gasteiger partial charge in [-0.15, -0.1) is 9.05 Å². The highest BCUT2D eigenvalue weighted by Crippen LogP contribution is 2.41. The zero-order chi connectivity index (χ0) is 38.4. The number of aromatic hydroxyl groups is 2. The zero-order valence-electron chi connectivity index (χ0n) is 32.2. The van der Waals surface area contributed by atoms with Crippen molar-refractivity contribution in [3.05, 3.63) is 57.6 Å². The van der Waals surface area contributed by atoms with Crippen molar-refractivity contribution in [3.63, 3.8) is 0 Å². The third kappa shape index (κ3) is 13.1. The first-order valence-electron chi connectivity index (χ1n) is 17.2. The van der Waals surface area contributed by atoms with Crippen LogP contribution in [-0.2, 0) is 67.3 Å². The molecule has 0 aliphatic rings. The normalized spacial score (nSPS) is 12.6. The van der Waals surface area contributed by atoms with Gasteiger partial charge in [-0.05, 0) is 67.9 Å². The van der Waals surface area contributed by atoms with Crippen molar-refractivity contribution in [1.29, 1.82) is 0 Å². The number of benzene rings is 2. The average molecular weight is 714 g/mol. The highest BCUT2D eigenvalue weighted by molar-refractivity contribution is 7.33. The van der Waals surface area contributed by atoms with E-state index in [0.717, 1.165) is 33.4 Å². The summed E-state index contributed by atoms with van der Waals surface area (Å²) in [5.74, 6) is -1.23. The van der Waals surface area contributed by atoms with Crippen molar-refractivity contribution < 1.29 is 43.0 Å². The monoisotopic (exact) mass is 713 g/mol. The first-order chi connectivity index (χ1) is 22.7. The van der Waals surface area contributed by atoms with Crippen molar-refractivity contribution in [1.82, 2.24) is 0 Å². The first-order valence-corrected chi connectivity index (χ1v) is 18.3. The van der Waals surface area contributed by atoms with Crippen LogP contribution in [0.15, 0.2) is 24.3 Å². The highest BCUT2D eigenvalue weighted by Gasteiger charge is 2.29. The van der Waals surface area contributed by atoms with E-state index < -0.39 is 45.9 Å². The Morgan fingerprint density at radius 1 is 0.520 bits per heavy atom. The number of carbonyl (C=O) groups excluding carboxylic acids is 4. The highest BCUT2D eigenvalue weighted by atomic mass is 31.1. The van der Waals surface area contributed by atoms with E-state index >= 15 is 0 Å². The van der Waals surface area contributed by atoms with E-state index in [2.05, 4.69) is 0 Å². The SMILES string of the molecule is CC(C)(C)c1cc(CCC(=O)CC(=O)CO[P+](=O)OCC(=O)CC(=O)CCc2cc(C(C)(C)C)c(O)c(C(C)(C)C)c2)cc(C(C)(C)C)c1O. The van der Waals surface area contributed by atoms with Crippen molar-refractivity contribution in [2.45, 2.75) is 143 Å². The van der Waals surface area contributed by atoms with Gasteiger partial charge >= 0.3 is 8.25 Å². The second-order valence-corrected chi connectivity index (χ2v) is 18.3. The summed E-state index contributed by atoms with van der Waals surface area (Å²) in [7, 11) is -2.81. The summed E-state index contributed by atoms with van der Waals surface area (Å²) in [5.41, 5.74) is 3.72. The molecule has 9 nitrogen and oxygen atoms in total. The molecule has 0 atom stereocenters. The Morgan fingerprint density at radius 2 is 0.780 bits per heavy atom. The molecule has 0 saturated heterocycles. The van der Waals surface area contributed by atoms with Gasteiger partial charge in [0.2, 0.25) is 0 Å². The summed E-state index contributed by atoms with van der Waals surface area (Å²) in [5, 5.41) is 21.8. The van der Waals surface area contributed by atoms with E-state index in [9.17, 15) is 34.0 Å². The molecule has 0 amide bonds. The number of carbonyl (C=O) groups is 4. The lowest BCUT2D eigenvalue weighted by Crippen LogP contribution is -2.18.